The Morgan fingerprint density at radius 2 is 1.73 bits per heavy atom. The molecule has 22 heavy (non-hydrogen) atoms. The summed E-state index contributed by atoms with van der Waals surface area (Å²) in [4.78, 5) is 0. The smallest absolute Gasteiger partial charge is 1.00 e. The maximum absolute atomic E-state index is 2.46. The molecule has 0 saturated heterocycles. The molecule has 0 radical (unpaired) electrons. The number of rotatable bonds is 2. The zero-order chi connectivity index (χ0) is 14.5. The Balaban J connectivity index is 0.00000121. The molecule has 0 aromatic carbocycles. The first-order chi connectivity index (χ1) is 9.43. The van der Waals surface area contributed by atoms with E-state index in [0.717, 1.165) is 9.54 Å². The Hall–Kier alpha value is 0.423. The molecule has 0 heterocycles. The van der Waals surface area contributed by atoms with E-state index in [1.165, 1.54) is 19.3 Å². The predicted molar refractivity (Wildman–Crippen MR) is 83.2 cm³/mol. The fourth-order valence-electron chi connectivity index (χ4n) is 4.13. The SMILES string of the molecule is CC1=C(C)C(C)(C)[C]([Zr+2][CH]2CCC3CC=CC=C32)=C1C.[Cl-].[Cl-]. The van der Waals surface area contributed by atoms with Gasteiger partial charge in [-0.15, -0.1) is 0 Å². The van der Waals surface area contributed by atoms with E-state index in [0.29, 0.717) is 5.41 Å². The molecule has 120 valence electrons. The maximum atomic E-state index is 2.46. The molecule has 0 N–H and O–H groups in total. The van der Waals surface area contributed by atoms with E-state index in [1.807, 2.05) is 8.85 Å². The average Bonchev–Trinajstić information content (AvgIpc) is 2.90. The molecular formula is C19H26Cl2Zr. The summed E-state index contributed by atoms with van der Waals surface area (Å²) in [5.74, 6) is 0.895. The second kappa shape index (κ2) is 7.54. The summed E-state index contributed by atoms with van der Waals surface area (Å²) >= 11 is -0.508. The van der Waals surface area contributed by atoms with Crippen LogP contribution in [0.1, 0.15) is 53.9 Å². The van der Waals surface area contributed by atoms with E-state index < -0.39 is 23.2 Å². The van der Waals surface area contributed by atoms with Gasteiger partial charge >= 0.3 is 136 Å². The third-order valence-electron chi connectivity index (χ3n) is 5.90. The molecule has 3 aliphatic carbocycles. The Morgan fingerprint density at radius 3 is 2.32 bits per heavy atom. The molecule has 0 bridgehead atoms. The summed E-state index contributed by atoms with van der Waals surface area (Å²) in [5, 5.41) is 0. The van der Waals surface area contributed by atoms with Gasteiger partial charge in [-0.3, -0.25) is 0 Å². The Morgan fingerprint density at radius 1 is 1.05 bits per heavy atom. The van der Waals surface area contributed by atoms with E-state index in [9.17, 15) is 0 Å². The fraction of sp³-hybridized carbons (Fsp3) is 0.579. The van der Waals surface area contributed by atoms with Crippen LogP contribution in [0.15, 0.2) is 43.8 Å². The Kier molecular flexibility index (Phi) is 7.02. The Bertz CT molecular complexity index is 564. The van der Waals surface area contributed by atoms with Crippen molar-refractivity contribution in [3.8, 4) is 0 Å². The summed E-state index contributed by atoms with van der Waals surface area (Å²) in [6.07, 6.45) is 11.3. The monoisotopic (exact) mass is 414 g/mol. The van der Waals surface area contributed by atoms with Crippen LogP contribution < -0.4 is 24.8 Å². The number of halogens is 2. The van der Waals surface area contributed by atoms with Crippen molar-refractivity contribution in [2.45, 2.75) is 57.5 Å². The molecule has 2 atom stereocenters. The Labute approximate surface area is 160 Å². The largest absolute Gasteiger partial charge is 1.00 e. The summed E-state index contributed by atoms with van der Waals surface area (Å²) < 4.78 is 2.84. The van der Waals surface area contributed by atoms with Crippen molar-refractivity contribution in [3.05, 3.63) is 43.8 Å². The van der Waals surface area contributed by atoms with Crippen LogP contribution in [0.5, 0.6) is 0 Å². The standard InChI is InChI=1S/C10H15.C9H11.2ClH.Zr/c1-7-6-10(4,5)9(3)8(7)2;1-2-5-9-7-3-6-8(9)4-1;;;/h1-5H3;1-2,4,6,9H,3,5,7H2;2*1H;/q;;;;+2/p-2. The summed E-state index contributed by atoms with van der Waals surface area (Å²) in [6.45, 7) is 12.0. The van der Waals surface area contributed by atoms with Crippen molar-refractivity contribution >= 4 is 0 Å². The van der Waals surface area contributed by atoms with Crippen LogP contribution in [0.4, 0.5) is 0 Å². The average molecular weight is 417 g/mol. The van der Waals surface area contributed by atoms with E-state index in [1.54, 1.807) is 16.7 Å². The minimum Gasteiger partial charge on any atom is -1.00 e. The fourth-order valence-corrected chi connectivity index (χ4v) is 9.31. The number of hydrogen-bond acceptors (Lipinski definition) is 0. The molecule has 0 nitrogen and oxygen atoms in total. The predicted octanol–water partition coefficient (Wildman–Crippen LogP) is -0.188. The van der Waals surface area contributed by atoms with E-state index in [-0.39, 0.29) is 24.8 Å². The first-order valence-electron chi connectivity index (χ1n) is 7.95. The summed E-state index contributed by atoms with van der Waals surface area (Å²) in [5.41, 5.74) is 7.02. The van der Waals surface area contributed by atoms with Crippen molar-refractivity contribution in [3.63, 3.8) is 0 Å². The summed E-state index contributed by atoms with van der Waals surface area (Å²) in [7, 11) is 0. The normalized spacial score (nSPS) is 28.7. The molecule has 0 aromatic heterocycles. The molecule has 0 aliphatic heterocycles. The minimum atomic E-state index is -0.508. The van der Waals surface area contributed by atoms with Crippen molar-refractivity contribution in [1.29, 1.82) is 0 Å². The second-order valence-corrected chi connectivity index (χ2v) is 10.8. The van der Waals surface area contributed by atoms with E-state index in [4.69, 9.17) is 0 Å². The van der Waals surface area contributed by atoms with Gasteiger partial charge in [0, 0.05) is 0 Å². The van der Waals surface area contributed by atoms with Gasteiger partial charge in [0.25, 0.3) is 0 Å². The molecule has 2 unspecified atom stereocenters. The molecule has 0 aromatic rings. The van der Waals surface area contributed by atoms with E-state index >= 15 is 0 Å². The molecule has 3 heteroatoms. The van der Waals surface area contributed by atoms with Crippen LogP contribution in [0, 0.1) is 11.3 Å². The maximum Gasteiger partial charge on any atom is -1.00 e. The molecule has 3 aliphatic rings. The van der Waals surface area contributed by atoms with Gasteiger partial charge in [-0.05, 0) is 0 Å². The van der Waals surface area contributed by atoms with Gasteiger partial charge in [-0.2, -0.15) is 0 Å². The van der Waals surface area contributed by atoms with Crippen molar-refractivity contribution in [2.24, 2.45) is 11.3 Å². The van der Waals surface area contributed by atoms with Gasteiger partial charge in [-0.1, -0.05) is 0 Å². The zero-order valence-electron chi connectivity index (χ0n) is 14.3. The van der Waals surface area contributed by atoms with Gasteiger partial charge in [0.2, 0.25) is 0 Å². The molecule has 0 spiro atoms. The van der Waals surface area contributed by atoms with Crippen LogP contribution >= 0.6 is 0 Å². The van der Waals surface area contributed by atoms with Crippen molar-refractivity contribution in [2.75, 3.05) is 0 Å². The van der Waals surface area contributed by atoms with Crippen LogP contribution in [-0.4, -0.2) is 0 Å². The second-order valence-electron chi connectivity index (χ2n) is 7.18. The first-order valence-corrected chi connectivity index (χ1v) is 10.6. The van der Waals surface area contributed by atoms with Crippen LogP contribution in [0.2, 0.25) is 3.63 Å². The van der Waals surface area contributed by atoms with Gasteiger partial charge in [0.05, 0.1) is 0 Å². The van der Waals surface area contributed by atoms with Gasteiger partial charge in [-0.25, -0.2) is 0 Å². The molecule has 1 saturated carbocycles. The number of allylic oxidation sites excluding steroid dienone is 8. The van der Waals surface area contributed by atoms with Crippen molar-refractivity contribution in [1.82, 2.24) is 0 Å². The van der Waals surface area contributed by atoms with Crippen LogP contribution in [-0.2, 0) is 23.2 Å². The third kappa shape index (κ3) is 3.29. The van der Waals surface area contributed by atoms with Crippen LogP contribution in [0.25, 0.3) is 0 Å². The molecule has 3 rings (SSSR count). The van der Waals surface area contributed by atoms with Gasteiger partial charge < -0.3 is 24.8 Å². The van der Waals surface area contributed by atoms with Crippen LogP contribution in [0.3, 0.4) is 0 Å². The zero-order valence-corrected chi connectivity index (χ0v) is 18.2. The molecule has 1 fully saturated rings. The summed E-state index contributed by atoms with van der Waals surface area (Å²) in [6, 6.07) is 0. The minimum absolute atomic E-state index is 0. The quantitative estimate of drug-likeness (QED) is 0.586. The van der Waals surface area contributed by atoms with Crippen molar-refractivity contribution < 1.29 is 48.0 Å². The van der Waals surface area contributed by atoms with Gasteiger partial charge in [0.1, 0.15) is 0 Å². The molecule has 0 amide bonds. The van der Waals surface area contributed by atoms with Gasteiger partial charge in [0.15, 0.2) is 0 Å². The third-order valence-corrected chi connectivity index (χ3v) is 11.5. The first kappa shape index (κ1) is 20.5. The molecular weight excluding hydrogens is 390 g/mol. The topological polar surface area (TPSA) is 0 Å². The number of fused-ring (bicyclic) bond motifs is 1. The number of hydrogen-bond donors (Lipinski definition) is 0. The van der Waals surface area contributed by atoms with E-state index in [2.05, 4.69) is 52.8 Å².